The van der Waals surface area contributed by atoms with Crippen LogP contribution >= 0.6 is 0 Å². The van der Waals surface area contributed by atoms with E-state index in [4.69, 9.17) is 9.47 Å². The van der Waals surface area contributed by atoms with Crippen LogP contribution in [-0.4, -0.2) is 43.8 Å². The monoisotopic (exact) mass is 343 g/mol. The lowest BCUT2D eigenvalue weighted by molar-refractivity contribution is -0.129. The lowest BCUT2D eigenvalue weighted by atomic mass is 10.1. The summed E-state index contributed by atoms with van der Waals surface area (Å²) in [5.41, 5.74) is 2.19. The first-order chi connectivity index (χ1) is 12.2. The van der Waals surface area contributed by atoms with Crippen LogP contribution in [0, 0.1) is 0 Å². The summed E-state index contributed by atoms with van der Waals surface area (Å²) in [7, 11) is 0. The third-order valence-corrected chi connectivity index (χ3v) is 3.94. The Hall–Kier alpha value is -1.88. The molecule has 0 spiro atoms. The number of benzene rings is 2. The maximum Gasteiger partial charge on any atom is 0.174 e. The second kappa shape index (κ2) is 10.9. The number of hydrogen-bond donors (Lipinski definition) is 1. The highest BCUT2D eigenvalue weighted by atomic mass is 16.7. The minimum Gasteiger partial charge on any atom is -0.391 e. The molecule has 2 rings (SSSR count). The van der Waals surface area contributed by atoms with Crippen LogP contribution in [0.15, 0.2) is 60.7 Å². The Morgan fingerprint density at radius 3 is 1.96 bits per heavy atom. The molecule has 4 heteroatoms. The van der Waals surface area contributed by atoms with E-state index in [0.717, 1.165) is 11.3 Å². The largest absolute Gasteiger partial charge is 0.391 e. The molecule has 0 aliphatic rings. The summed E-state index contributed by atoms with van der Waals surface area (Å²) in [6.07, 6.45) is -0.149. The fourth-order valence-corrected chi connectivity index (χ4v) is 2.83. The van der Waals surface area contributed by atoms with Gasteiger partial charge < -0.3 is 19.5 Å². The molecule has 0 aliphatic heterocycles. The zero-order chi connectivity index (χ0) is 17.9. The lowest BCUT2D eigenvalue weighted by Crippen LogP contribution is -2.40. The Kier molecular flexibility index (Phi) is 8.46. The Bertz CT molecular complexity index is 570. The number of para-hydroxylation sites is 1. The Morgan fingerprint density at radius 1 is 0.840 bits per heavy atom. The highest BCUT2D eigenvalue weighted by molar-refractivity contribution is 5.46. The lowest BCUT2D eigenvalue weighted by Gasteiger charge is -2.31. The van der Waals surface area contributed by atoms with Gasteiger partial charge >= 0.3 is 0 Å². The zero-order valence-electron chi connectivity index (χ0n) is 15.2. The van der Waals surface area contributed by atoms with E-state index in [9.17, 15) is 5.11 Å². The van der Waals surface area contributed by atoms with Gasteiger partial charge in [0.15, 0.2) is 6.29 Å². The summed E-state index contributed by atoms with van der Waals surface area (Å²) in [4.78, 5) is 2.13. The SMILES string of the molecule is CCOC(CN(CC(O)Cc1ccccc1)c1ccccc1)OCC. The van der Waals surface area contributed by atoms with Crippen LogP contribution in [0.4, 0.5) is 5.69 Å². The Labute approximate surface area is 151 Å². The van der Waals surface area contributed by atoms with Gasteiger partial charge in [0.2, 0.25) is 0 Å². The van der Waals surface area contributed by atoms with Crippen molar-refractivity contribution in [3.63, 3.8) is 0 Å². The number of aliphatic hydroxyl groups excluding tert-OH is 1. The highest BCUT2D eigenvalue weighted by Crippen LogP contribution is 2.16. The average molecular weight is 343 g/mol. The molecule has 0 bridgehead atoms. The number of rotatable bonds is 11. The van der Waals surface area contributed by atoms with Crippen molar-refractivity contribution < 1.29 is 14.6 Å². The Balaban J connectivity index is 2.05. The molecule has 0 aliphatic carbocycles. The molecule has 4 nitrogen and oxygen atoms in total. The topological polar surface area (TPSA) is 41.9 Å². The maximum absolute atomic E-state index is 10.6. The minimum atomic E-state index is -0.466. The summed E-state index contributed by atoms with van der Waals surface area (Å²) in [6.45, 7) is 6.22. The summed E-state index contributed by atoms with van der Waals surface area (Å²) < 4.78 is 11.4. The van der Waals surface area contributed by atoms with Crippen molar-refractivity contribution in [2.75, 3.05) is 31.2 Å². The van der Waals surface area contributed by atoms with Crippen LogP contribution in [0.25, 0.3) is 0 Å². The van der Waals surface area contributed by atoms with Crippen LogP contribution in [0.1, 0.15) is 19.4 Å². The van der Waals surface area contributed by atoms with Crippen LogP contribution in [0.2, 0.25) is 0 Å². The zero-order valence-corrected chi connectivity index (χ0v) is 15.2. The molecule has 0 saturated carbocycles. The normalized spacial score (nSPS) is 12.3. The van der Waals surface area contributed by atoms with E-state index < -0.39 is 6.10 Å². The van der Waals surface area contributed by atoms with Gasteiger partial charge in [0.05, 0.1) is 12.6 Å². The predicted molar refractivity (Wildman–Crippen MR) is 102 cm³/mol. The second-order valence-electron chi connectivity index (χ2n) is 5.92. The molecule has 0 heterocycles. The third-order valence-electron chi connectivity index (χ3n) is 3.94. The Morgan fingerprint density at radius 2 is 1.40 bits per heavy atom. The predicted octanol–water partition coefficient (Wildman–Crippen LogP) is 3.50. The molecule has 0 saturated heterocycles. The van der Waals surface area contributed by atoms with Crippen LogP contribution < -0.4 is 4.90 Å². The standard InChI is InChI=1S/C21H29NO3/c1-3-24-21(25-4-2)17-22(19-13-9-6-10-14-19)16-20(23)15-18-11-7-5-8-12-18/h5-14,20-21,23H,3-4,15-17H2,1-2H3. The van der Waals surface area contributed by atoms with E-state index in [0.29, 0.717) is 32.7 Å². The molecule has 2 aromatic carbocycles. The van der Waals surface area contributed by atoms with E-state index in [2.05, 4.69) is 4.90 Å². The van der Waals surface area contributed by atoms with E-state index in [1.54, 1.807) is 0 Å². The molecule has 136 valence electrons. The van der Waals surface area contributed by atoms with Crippen LogP contribution in [0.3, 0.4) is 0 Å². The van der Waals surface area contributed by atoms with E-state index >= 15 is 0 Å². The van der Waals surface area contributed by atoms with E-state index in [-0.39, 0.29) is 6.29 Å². The van der Waals surface area contributed by atoms with Crippen molar-refractivity contribution >= 4 is 5.69 Å². The molecule has 0 fully saturated rings. The van der Waals surface area contributed by atoms with Crippen molar-refractivity contribution in [1.29, 1.82) is 0 Å². The number of anilines is 1. The molecule has 25 heavy (non-hydrogen) atoms. The fourth-order valence-electron chi connectivity index (χ4n) is 2.83. The van der Waals surface area contributed by atoms with Gasteiger partial charge in [-0.3, -0.25) is 0 Å². The molecule has 0 aromatic heterocycles. The van der Waals surface area contributed by atoms with Crippen LogP contribution in [0.5, 0.6) is 0 Å². The fraction of sp³-hybridized carbons (Fsp3) is 0.429. The van der Waals surface area contributed by atoms with Crippen LogP contribution in [-0.2, 0) is 15.9 Å². The first kappa shape index (κ1) is 19.4. The van der Waals surface area contributed by atoms with E-state index in [1.165, 1.54) is 0 Å². The third kappa shape index (κ3) is 6.86. The van der Waals surface area contributed by atoms with E-state index in [1.807, 2.05) is 74.5 Å². The molecule has 2 aromatic rings. The summed E-state index contributed by atoms with van der Waals surface area (Å²) in [5, 5.41) is 10.6. The van der Waals surface area contributed by atoms with Gasteiger partial charge in [-0.25, -0.2) is 0 Å². The number of hydrogen-bond acceptors (Lipinski definition) is 4. The van der Waals surface area contributed by atoms with Crippen molar-refractivity contribution in [3.8, 4) is 0 Å². The molecule has 1 atom stereocenters. The number of ether oxygens (including phenoxy) is 2. The van der Waals surface area contributed by atoms with Gasteiger partial charge in [-0.05, 0) is 31.5 Å². The molecule has 1 unspecified atom stereocenters. The maximum atomic E-state index is 10.6. The van der Waals surface area contributed by atoms with Crippen molar-refractivity contribution in [2.24, 2.45) is 0 Å². The van der Waals surface area contributed by atoms with Gasteiger partial charge in [0, 0.05) is 31.9 Å². The van der Waals surface area contributed by atoms with Gasteiger partial charge in [0.25, 0.3) is 0 Å². The van der Waals surface area contributed by atoms with Gasteiger partial charge in [0.1, 0.15) is 0 Å². The molecule has 0 radical (unpaired) electrons. The first-order valence-corrected chi connectivity index (χ1v) is 8.98. The summed E-state index contributed by atoms with van der Waals surface area (Å²) in [5.74, 6) is 0. The molecular weight excluding hydrogens is 314 g/mol. The summed E-state index contributed by atoms with van der Waals surface area (Å²) in [6, 6.07) is 20.2. The van der Waals surface area contributed by atoms with Gasteiger partial charge in [-0.2, -0.15) is 0 Å². The quantitative estimate of drug-likeness (QED) is 0.634. The van der Waals surface area contributed by atoms with Crippen molar-refractivity contribution in [1.82, 2.24) is 0 Å². The first-order valence-electron chi connectivity index (χ1n) is 8.98. The van der Waals surface area contributed by atoms with Crippen molar-refractivity contribution in [2.45, 2.75) is 32.7 Å². The second-order valence-corrected chi connectivity index (χ2v) is 5.92. The average Bonchev–Trinajstić information content (AvgIpc) is 2.63. The van der Waals surface area contributed by atoms with Gasteiger partial charge in [-0.15, -0.1) is 0 Å². The molecule has 1 N–H and O–H groups in total. The molecule has 0 amide bonds. The summed E-state index contributed by atoms with van der Waals surface area (Å²) >= 11 is 0. The number of nitrogens with zero attached hydrogens (tertiary/aromatic N) is 1. The number of aliphatic hydroxyl groups is 1. The smallest absolute Gasteiger partial charge is 0.174 e. The highest BCUT2D eigenvalue weighted by Gasteiger charge is 2.18. The van der Waals surface area contributed by atoms with Crippen molar-refractivity contribution in [3.05, 3.63) is 66.2 Å². The molecular formula is C21H29NO3. The van der Waals surface area contributed by atoms with Gasteiger partial charge in [-0.1, -0.05) is 48.5 Å². The minimum absolute atomic E-state index is 0.306.